The molecule has 0 atom stereocenters. The van der Waals surface area contributed by atoms with Crippen molar-refractivity contribution in [1.29, 1.82) is 0 Å². The summed E-state index contributed by atoms with van der Waals surface area (Å²) in [6.07, 6.45) is 0.859. The van der Waals surface area contributed by atoms with Gasteiger partial charge in [0.25, 0.3) is 5.91 Å². The molecular formula is C23H24FN3O. The highest BCUT2D eigenvalue weighted by molar-refractivity contribution is 5.93. The molecule has 0 radical (unpaired) electrons. The van der Waals surface area contributed by atoms with Gasteiger partial charge in [0.2, 0.25) is 0 Å². The van der Waals surface area contributed by atoms with Gasteiger partial charge in [-0.2, -0.15) is 5.10 Å². The zero-order valence-corrected chi connectivity index (χ0v) is 16.4. The number of hydrogen-bond donors (Lipinski definition) is 1. The molecule has 3 aromatic rings. The van der Waals surface area contributed by atoms with Crippen molar-refractivity contribution < 1.29 is 9.18 Å². The summed E-state index contributed by atoms with van der Waals surface area (Å²) in [5, 5.41) is 7.11. The number of aromatic amines is 1. The molecule has 4 rings (SSSR count). The summed E-state index contributed by atoms with van der Waals surface area (Å²) in [5.74, 6) is 0.159. The maximum Gasteiger partial charge on any atom is 0.272 e. The number of carbonyl (C=O) groups excluding carboxylic acids is 1. The van der Waals surface area contributed by atoms with Gasteiger partial charge in [-0.3, -0.25) is 9.89 Å². The SMILES string of the molecule is Cc1cc(-c2cc(C(=O)N3CCc4ccc(C(C)C)cc4C3)[nH]n2)ccc1F. The lowest BCUT2D eigenvalue weighted by Crippen LogP contribution is -2.36. The maximum absolute atomic E-state index is 13.5. The number of amides is 1. The van der Waals surface area contributed by atoms with Crippen molar-refractivity contribution in [3.63, 3.8) is 0 Å². The van der Waals surface area contributed by atoms with Crippen molar-refractivity contribution in [2.45, 2.75) is 39.7 Å². The van der Waals surface area contributed by atoms with Gasteiger partial charge in [0, 0.05) is 18.7 Å². The number of benzene rings is 2. The molecule has 0 fully saturated rings. The molecule has 0 bridgehead atoms. The Bertz CT molecular complexity index is 1040. The van der Waals surface area contributed by atoms with E-state index in [1.165, 1.54) is 22.8 Å². The van der Waals surface area contributed by atoms with Gasteiger partial charge in [0.15, 0.2) is 0 Å². The molecule has 1 amide bonds. The largest absolute Gasteiger partial charge is 0.333 e. The quantitative estimate of drug-likeness (QED) is 0.710. The Balaban J connectivity index is 1.55. The van der Waals surface area contributed by atoms with E-state index in [1.54, 1.807) is 25.1 Å². The second-order valence-electron chi connectivity index (χ2n) is 7.79. The van der Waals surface area contributed by atoms with Crippen molar-refractivity contribution in [1.82, 2.24) is 15.1 Å². The number of rotatable bonds is 3. The monoisotopic (exact) mass is 377 g/mol. The number of aryl methyl sites for hydroxylation is 1. The predicted octanol–water partition coefficient (Wildman–Crippen LogP) is 4.85. The molecule has 0 aliphatic carbocycles. The smallest absolute Gasteiger partial charge is 0.272 e. The van der Waals surface area contributed by atoms with Crippen LogP contribution in [-0.2, 0) is 13.0 Å². The van der Waals surface area contributed by atoms with Crippen molar-refractivity contribution >= 4 is 5.91 Å². The summed E-state index contributed by atoms with van der Waals surface area (Å²) >= 11 is 0. The summed E-state index contributed by atoms with van der Waals surface area (Å²) in [4.78, 5) is 14.8. The molecule has 0 saturated carbocycles. The summed E-state index contributed by atoms with van der Waals surface area (Å²) in [7, 11) is 0. The Morgan fingerprint density at radius 2 is 1.96 bits per heavy atom. The fraction of sp³-hybridized carbons (Fsp3) is 0.304. The van der Waals surface area contributed by atoms with E-state index in [2.05, 4.69) is 42.2 Å². The van der Waals surface area contributed by atoms with E-state index in [4.69, 9.17) is 0 Å². The Labute approximate surface area is 164 Å². The molecule has 0 unspecified atom stereocenters. The summed E-state index contributed by atoms with van der Waals surface area (Å²) in [6.45, 7) is 7.37. The molecule has 1 aliphatic heterocycles. The van der Waals surface area contributed by atoms with Crippen LogP contribution in [0.4, 0.5) is 4.39 Å². The third-order valence-corrected chi connectivity index (χ3v) is 5.46. The third-order valence-electron chi connectivity index (χ3n) is 5.46. The van der Waals surface area contributed by atoms with Crippen LogP contribution in [0.1, 0.15) is 52.5 Å². The van der Waals surface area contributed by atoms with E-state index in [0.29, 0.717) is 36.0 Å². The molecule has 144 valence electrons. The van der Waals surface area contributed by atoms with E-state index < -0.39 is 0 Å². The first-order valence-electron chi connectivity index (χ1n) is 9.65. The number of hydrogen-bond acceptors (Lipinski definition) is 2. The first-order valence-corrected chi connectivity index (χ1v) is 9.65. The molecule has 2 heterocycles. The van der Waals surface area contributed by atoms with Gasteiger partial charge >= 0.3 is 0 Å². The fourth-order valence-corrected chi connectivity index (χ4v) is 3.66. The normalized spacial score (nSPS) is 13.7. The van der Waals surface area contributed by atoms with Crippen LogP contribution in [0.25, 0.3) is 11.3 Å². The Kier molecular flexibility index (Phi) is 4.75. The number of fused-ring (bicyclic) bond motifs is 1. The van der Waals surface area contributed by atoms with Gasteiger partial charge in [0.1, 0.15) is 11.5 Å². The maximum atomic E-state index is 13.5. The number of nitrogens with one attached hydrogen (secondary N) is 1. The molecular weight excluding hydrogens is 353 g/mol. The number of carbonyl (C=O) groups is 1. The lowest BCUT2D eigenvalue weighted by molar-refractivity contribution is 0.0728. The highest BCUT2D eigenvalue weighted by Crippen LogP contribution is 2.26. The second kappa shape index (κ2) is 7.23. The van der Waals surface area contributed by atoms with Crippen LogP contribution in [-0.4, -0.2) is 27.5 Å². The van der Waals surface area contributed by atoms with Crippen LogP contribution in [0, 0.1) is 12.7 Å². The van der Waals surface area contributed by atoms with Crippen molar-refractivity contribution in [2.24, 2.45) is 0 Å². The molecule has 4 nitrogen and oxygen atoms in total. The second-order valence-corrected chi connectivity index (χ2v) is 7.79. The third kappa shape index (κ3) is 3.44. The molecule has 1 aliphatic rings. The lowest BCUT2D eigenvalue weighted by Gasteiger charge is -2.29. The first kappa shape index (κ1) is 18.4. The molecule has 1 aromatic heterocycles. The molecule has 0 saturated heterocycles. The van der Waals surface area contributed by atoms with E-state index in [0.717, 1.165) is 12.0 Å². The van der Waals surface area contributed by atoms with E-state index in [-0.39, 0.29) is 11.7 Å². The minimum atomic E-state index is -0.247. The van der Waals surface area contributed by atoms with Crippen LogP contribution in [0.15, 0.2) is 42.5 Å². The van der Waals surface area contributed by atoms with Gasteiger partial charge in [-0.25, -0.2) is 4.39 Å². The summed E-state index contributed by atoms with van der Waals surface area (Å²) < 4.78 is 13.5. The van der Waals surface area contributed by atoms with E-state index >= 15 is 0 Å². The molecule has 5 heteroatoms. The average Bonchev–Trinajstić information content (AvgIpc) is 3.18. The molecule has 0 spiro atoms. The van der Waals surface area contributed by atoms with Crippen LogP contribution in [0.3, 0.4) is 0 Å². The molecule has 2 aromatic carbocycles. The lowest BCUT2D eigenvalue weighted by atomic mass is 9.93. The summed E-state index contributed by atoms with van der Waals surface area (Å²) in [5.41, 5.74) is 6.29. The van der Waals surface area contributed by atoms with Crippen LogP contribution in [0.5, 0.6) is 0 Å². The van der Waals surface area contributed by atoms with Gasteiger partial charge in [-0.15, -0.1) is 0 Å². The standard InChI is InChI=1S/C23H24FN3O/c1-14(2)17-5-4-16-8-9-27(13-19(16)11-17)23(28)22-12-21(25-26-22)18-6-7-20(24)15(3)10-18/h4-7,10-12,14H,8-9,13H2,1-3H3,(H,25,26). The Morgan fingerprint density at radius 1 is 1.14 bits per heavy atom. The van der Waals surface area contributed by atoms with Crippen molar-refractivity contribution in [3.05, 3.63) is 76.2 Å². The Hall–Kier alpha value is -2.95. The highest BCUT2D eigenvalue weighted by atomic mass is 19.1. The first-order chi connectivity index (χ1) is 13.4. The topological polar surface area (TPSA) is 49.0 Å². The molecule has 1 N–H and O–H groups in total. The van der Waals surface area contributed by atoms with Crippen LogP contribution < -0.4 is 0 Å². The van der Waals surface area contributed by atoms with Crippen LogP contribution in [0.2, 0.25) is 0 Å². The Morgan fingerprint density at radius 3 is 2.71 bits per heavy atom. The minimum Gasteiger partial charge on any atom is -0.333 e. The minimum absolute atomic E-state index is 0.0572. The van der Waals surface area contributed by atoms with Crippen molar-refractivity contribution in [2.75, 3.05) is 6.54 Å². The average molecular weight is 377 g/mol. The fourth-order valence-electron chi connectivity index (χ4n) is 3.66. The zero-order valence-electron chi connectivity index (χ0n) is 16.4. The number of nitrogens with zero attached hydrogens (tertiary/aromatic N) is 2. The zero-order chi connectivity index (χ0) is 19.8. The van der Waals surface area contributed by atoms with Gasteiger partial charge in [-0.1, -0.05) is 32.0 Å². The van der Waals surface area contributed by atoms with Gasteiger partial charge in [-0.05, 0) is 65.8 Å². The summed E-state index contributed by atoms with van der Waals surface area (Å²) in [6, 6.07) is 13.2. The van der Waals surface area contributed by atoms with E-state index in [9.17, 15) is 9.18 Å². The van der Waals surface area contributed by atoms with Gasteiger partial charge in [0.05, 0.1) is 5.69 Å². The van der Waals surface area contributed by atoms with Crippen LogP contribution >= 0.6 is 0 Å². The number of halogens is 1. The number of aromatic nitrogens is 2. The number of H-pyrrole nitrogens is 1. The highest BCUT2D eigenvalue weighted by Gasteiger charge is 2.24. The predicted molar refractivity (Wildman–Crippen MR) is 108 cm³/mol. The van der Waals surface area contributed by atoms with E-state index in [1.807, 2.05) is 4.90 Å². The van der Waals surface area contributed by atoms with Gasteiger partial charge < -0.3 is 4.90 Å². The molecule has 28 heavy (non-hydrogen) atoms. The van der Waals surface area contributed by atoms with Crippen molar-refractivity contribution in [3.8, 4) is 11.3 Å².